The largest absolute Gasteiger partial charge is 0.454 e. The molecule has 5 aromatic heterocycles. The van der Waals surface area contributed by atoms with E-state index in [1.165, 1.54) is 79.2 Å². The third kappa shape index (κ3) is 5.03. The topological polar surface area (TPSA) is 35.9 Å². The third-order valence-electron chi connectivity index (χ3n) is 13.8. The first kappa shape index (κ1) is 36.5. The maximum atomic E-state index is 7.52. The Kier molecular flexibility index (Phi) is 7.84. The van der Waals surface area contributed by atoms with Crippen LogP contribution in [0.1, 0.15) is 0 Å². The van der Waals surface area contributed by atoms with E-state index in [0.717, 1.165) is 38.7 Å². The van der Waals surface area contributed by atoms with E-state index < -0.39 is 8.07 Å². The average molecular weight is 864 g/mol. The van der Waals surface area contributed by atoms with Gasteiger partial charge < -0.3 is 13.6 Å². The molecule has 0 saturated carbocycles. The van der Waals surface area contributed by atoms with Gasteiger partial charge >= 0.3 is 0 Å². The van der Waals surface area contributed by atoms with Crippen LogP contribution in [0, 0.1) is 0 Å². The molecular formula is C59H37N3OSSi. The van der Waals surface area contributed by atoms with Crippen molar-refractivity contribution in [2.24, 2.45) is 0 Å². The first-order valence-electron chi connectivity index (χ1n) is 22.1. The van der Waals surface area contributed by atoms with Crippen molar-refractivity contribution in [3.63, 3.8) is 0 Å². The van der Waals surface area contributed by atoms with E-state index >= 15 is 0 Å². The molecule has 0 radical (unpaired) electrons. The van der Waals surface area contributed by atoms with Gasteiger partial charge in [0.05, 0.1) is 44.3 Å². The number of pyridine rings is 1. The van der Waals surface area contributed by atoms with E-state index in [-0.39, 0.29) is 0 Å². The van der Waals surface area contributed by atoms with Crippen LogP contribution >= 0.6 is 11.3 Å². The number of hydrogen-bond acceptors (Lipinski definition) is 3. The van der Waals surface area contributed by atoms with E-state index in [2.05, 4.69) is 226 Å². The zero-order chi connectivity index (χ0) is 42.6. The van der Waals surface area contributed by atoms with E-state index in [4.69, 9.17) is 4.42 Å². The molecule has 6 heteroatoms. The second-order valence-electron chi connectivity index (χ2n) is 17.0. The Morgan fingerprint density at radius 2 is 0.815 bits per heavy atom. The van der Waals surface area contributed by atoms with E-state index in [9.17, 15) is 0 Å². The summed E-state index contributed by atoms with van der Waals surface area (Å²) in [5.41, 5.74) is 8.59. The quantitative estimate of drug-likeness (QED) is 0.123. The minimum atomic E-state index is -3.20. The molecule has 0 unspecified atom stereocenters. The molecule has 0 aliphatic carbocycles. The van der Waals surface area contributed by atoms with Crippen LogP contribution < -0.4 is 20.7 Å². The summed E-state index contributed by atoms with van der Waals surface area (Å²) in [6.45, 7) is 0. The zero-order valence-corrected chi connectivity index (χ0v) is 36.8. The van der Waals surface area contributed by atoms with Gasteiger partial charge in [0.25, 0.3) is 0 Å². The van der Waals surface area contributed by atoms with Crippen molar-refractivity contribution in [3.8, 4) is 11.4 Å². The van der Waals surface area contributed by atoms with Gasteiger partial charge in [-0.05, 0) is 57.1 Å². The molecule has 0 atom stereocenters. The lowest BCUT2D eigenvalue weighted by atomic mass is 10.1. The molecule has 14 rings (SSSR count). The van der Waals surface area contributed by atoms with E-state index in [0.29, 0.717) is 0 Å². The Bertz CT molecular complexity index is 3820. The highest BCUT2D eigenvalue weighted by molar-refractivity contribution is 7.31. The normalized spacial score (nSPS) is 12.3. The number of fused-ring (bicyclic) bond motifs is 12. The summed E-state index contributed by atoms with van der Waals surface area (Å²) < 4.78 is 14.9. The number of thiophene rings is 1. The average Bonchev–Trinajstić information content (AvgIpc) is 4.14. The number of benzene rings is 9. The highest BCUT2D eigenvalue weighted by Crippen LogP contribution is 2.42. The first-order chi connectivity index (χ1) is 32.3. The summed E-state index contributed by atoms with van der Waals surface area (Å²) in [6, 6.07) is 78.2. The lowest BCUT2D eigenvalue weighted by Crippen LogP contribution is -2.74. The number of nitrogens with zero attached hydrogens (tertiary/aromatic N) is 3. The molecule has 9 aromatic carbocycles. The monoisotopic (exact) mass is 863 g/mol. The van der Waals surface area contributed by atoms with Crippen LogP contribution in [-0.2, 0) is 0 Å². The van der Waals surface area contributed by atoms with Crippen LogP contribution in [0.25, 0.3) is 97.1 Å². The number of hydrogen-bond donors (Lipinski definition) is 0. The fourth-order valence-electron chi connectivity index (χ4n) is 11.1. The summed E-state index contributed by atoms with van der Waals surface area (Å²) in [5.74, 6) is 0. The van der Waals surface area contributed by atoms with Crippen LogP contribution in [-0.4, -0.2) is 22.2 Å². The molecule has 0 fully saturated rings. The molecule has 304 valence electrons. The maximum absolute atomic E-state index is 7.52. The molecule has 0 N–H and O–H groups in total. The molecule has 0 spiro atoms. The number of aromatic nitrogens is 3. The highest BCUT2D eigenvalue weighted by Gasteiger charge is 2.45. The SMILES string of the molecule is c1ccc([Si](c2ccccc2)(c2cccc3c2oc2c(-n4c5ccccc5c5ccncc54)cccc23)c2cccc3c2sc2c(-n4c5ccccc5c5ccccc54)cccc23)cc1. The molecule has 14 aromatic rings. The zero-order valence-electron chi connectivity index (χ0n) is 35.0. The predicted octanol–water partition coefficient (Wildman–Crippen LogP) is 12.9. The standard InChI is InChI=1S/C59H37N3OSSi/c1-3-17-38(18-4-1)65(39-19-5-2-6-20-39,54-33-15-25-45-44-24-13-31-51(56(44)63-57(45)54)62-50-30-12-9-23-42(50)43-35-36-60-37-53(43)62)55-34-16-27-47-46-26-14-32-52(58(46)64-59(47)55)61-48-28-10-7-21-40(48)41-22-8-11-29-49(41)61/h1-37H. The maximum Gasteiger partial charge on any atom is 0.185 e. The molecule has 0 saturated heterocycles. The summed E-state index contributed by atoms with van der Waals surface area (Å²) in [5, 5.41) is 14.8. The van der Waals surface area contributed by atoms with Gasteiger partial charge in [-0.25, -0.2) is 0 Å². The Labute approximate surface area is 378 Å². The number of furan rings is 1. The molecule has 0 aliphatic heterocycles. The van der Waals surface area contributed by atoms with E-state index in [1.54, 1.807) is 0 Å². The molecule has 65 heavy (non-hydrogen) atoms. The summed E-state index contributed by atoms with van der Waals surface area (Å²) in [4.78, 5) is 4.60. The summed E-state index contributed by atoms with van der Waals surface area (Å²) in [6.07, 6.45) is 3.86. The van der Waals surface area contributed by atoms with Crippen LogP contribution in [0.15, 0.2) is 229 Å². The van der Waals surface area contributed by atoms with Gasteiger partial charge in [-0.1, -0.05) is 176 Å². The Hall–Kier alpha value is -8.03. The van der Waals surface area contributed by atoms with Crippen LogP contribution in [0.5, 0.6) is 0 Å². The molecule has 0 aliphatic rings. The van der Waals surface area contributed by atoms with Crippen molar-refractivity contribution >= 4 is 126 Å². The second-order valence-corrected chi connectivity index (χ2v) is 21.7. The van der Waals surface area contributed by atoms with Gasteiger partial charge in [0, 0.05) is 54.0 Å². The molecule has 0 amide bonds. The predicted molar refractivity (Wildman–Crippen MR) is 277 cm³/mol. The molecule has 0 bridgehead atoms. The minimum absolute atomic E-state index is 0.862. The molecule has 5 heterocycles. The van der Waals surface area contributed by atoms with Crippen molar-refractivity contribution in [3.05, 3.63) is 225 Å². The second kappa shape index (κ2) is 14.0. The van der Waals surface area contributed by atoms with Crippen molar-refractivity contribution in [2.45, 2.75) is 0 Å². The lowest BCUT2D eigenvalue weighted by Gasteiger charge is -2.34. The first-order valence-corrected chi connectivity index (χ1v) is 24.9. The van der Waals surface area contributed by atoms with Crippen molar-refractivity contribution < 1.29 is 4.42 Å². The highest BCUT2D eigenvalue weighted by atomic mass is 32.1. The Morgan fingerprint density at radius 1 is 0.354 bits per heavy atom. The van der Waals surface area contributed by atoms with Crippen molar-refractivity contribution in [2.75, 3.05) is 0 Å². The van der Waals surface area contributed by atoms with Gasteiger partial charge in [0.2, 0.25) is 0 Å². The van der Waals surface area contributed by atoms with Gasteiger partial charge in [-0.3, -0.25) is 4.98 Å². The molecule has 4 nitrogen and oxygen atoms in total. The van der Waals surface area contributed by atoms with Gasteiger partial charge in [-0.2, -0.15) is 0 Å². The Balaban J connectivity index is 1.10. The van der Waals surface area contributed by atoms with Gasteiger partial charge in [0.15, 0.2) is 13.7 Å². The minimum Gasteiger partial charge on any atom is -0.454 e. The fraction of sp³-hybridized carbons (Fsp3) is 0. The van der Waals surface area contributed by atoms with Crippen LogP contribution in [0.3, 0.4) is 0 Å². The van der Waals surface area contributed by atoms with Crippen molar-refractivity contribution in [1.82, 2.24) is 14.1 Å². The fourth-order valence-corrected chi connectivity index (χ4v) is 17.9. The summed E-state index contributed by atoms with van der Waals surface area (Å²) >= 11 is 1.93. The van der Waals surface area contributed by atoms with Crippen molar-refractivity contribution in [1.29, 1.82) is 0 Å². The molecular weight excluding hydrogens is 827 g/mol. The van der Waals surface area contributed by atoms with Gasteiger partial charge in [-0.15, -0.1) is 11.3 Å². The lowest BCUT2D eigenvalue weighted by molar-refractivity contribution is 0.668. The van der Waals surface area contributed by atoms with Crippen LogP contribution in [0.2, 0.25) is 0 Å². The van der Waals surface area contributed by atoms with Gasteiger partial charge in [0.1, 0.15) is 5.58 Å². The van der Waals surface area contributed by atoms with E-state index in [1.807, 2.05) is 23.7 Å². The Morgan fingerprint density at radius 3 is 1.45 bits per heavy atom. The third-order valence-corrected chi connectivity index (χ3v) is 20.1. The summed E-state index contributed by atoms with van der Waals surface area (Å²) in [7, 11) is -3.20. The number of rotatable bonds is 6. The van der Waals surface area contributed by atoms with Crippen LogP contribution in [0.4, 0.5) is 0 Å². The number of para-hydroxylation sites is 5. The smallest absolute Gasteiger partial charge is 0.185 e.